The number of imide groups is 1. The van der Waals surface area contributed by atoms with Crippen LogP contribution in [0.2, 0.25) is 15.1 Å². The van der Waals surface area contributed by atoms with Crippen LogP contribution in [0.4, 0.5) is 10.5 Å². The van der Waals surface area contributed by atoms with Crippen LogP contribution in [0.15, 0.2) is 59.5 Å². The van der Waals surface area contributed by atoms with E-state index in [4.69, 9.17) is 49.0 Å². The molecule has 0 spiro atoms. The van der Waals surface area contributed by atoms with Gasteiger partial charge in [-0.2, -0.15) is 0 Å². The van der Waals surface area contributed by atoms with E-state index in [0.29, 0.717) is 40.1 Å². The maximum atomic E-state index is 13.1. The number of amides is 3. The van der Waals surface area contributed by atoms with Crippen molar-refractivity contribution in [1.29, 1.82) is 0 Å². The Morgan fingerprint density at radius 3 is 2.41 bits per heavy atom. The highest BCUT2D eigenvalue weighted by atomic mass is 35.5. The van der Waals surface area contributed by atoms with Gasteiger partial charge in [-0.1, -0.05) is 53.9 Å². The largest absolute Gasteiger partial charge is 0.490 e. The van der Waals surface area contributed by atoms with E-state index in [9.17, 15) is 19.2 Å². The lowest BCUT2D eigenvalue weighted by atomic mass is 10.1. The van der Waals surface area contributed by atoms with Crippen LogP contribution in [0.3, 0.4) is 0 Å². The monoisotopic (exact) mass is 676 g/mol. The van der Waals surface area contributed by atoms with Gasteiger partial charge in [-0.15, -0.1) is 0 Å². The van der Waals surface area contributed by atoms with Crippen LogP contribution in [-0.4, -0.2) is 47.7 Å². The van der Waals surface area contributed by atoms with Gasteiger partial charge in [0.25, 0.3) is 11.1 Å². The van der Waals surface area contributed by atoms with E-state index in [1.165, 1.54) is 18.2 Å². The number of rotatable bonds is 12. The number of anilines is 1. The summed E-state index contributed by atoms with van der Waals surface area (Å²) in [6.07, 6.45) is 2.18. The zero-order valence-corrected chi connectivity index (χ0v) is 26.7. The number of hydrogen-bond donors (Lipinski definition) is 1. The molecular formula is C31H27Cl3N2O7S. The average molecular weight is 678 g/mol. The number of nitrogens with one attached hydrogen (secondary N) is 1. The van der Waals surface area contributed by atoms with Gasteiger partial charge in [-0.3, -0.25) is 19.3 Å². The molecule has 1 N–H and O–H groups in total. The van der Waals surface area contributed by atoms with Gasteiger partial charge < -0.3 is 19.5 Å². The lowest BCUT2D eigenvalue weighted by Crippen LogP contribution is -2.36. The molecule has 0 radical (unpaired) electrons. The minimum absolute atomic E-state index is 0.0873. The molecule has 1 aliphatic heterocycles. The Kier molecular flexibility index (Phi) is 11.6. The summed E-state index contributed by atoms with van der Waals surface area (Å²) in [7, 11) is 0. The number of hydrogen-bond acceptors (Lipinski definition) is 8. The van der Waals surface area contributed by atoms with Crippen molar-refractivity contribution in [3.05, 3.63) is 91.3 Å². The number of nitrogens with zero attached hydrogens (tertiary/aromatic N) is 1. The zero-order valence-electron chi connectivity index (χ0n) is 23.7. The lowest BCUT2D eigenvalue weighted by molar-refractivity contribution is -0.127. The highest BCUT2D eigenvalue weighted by molar-refractivity contribution is 8.18. The molecule has 3 aromatic carbocycles. The number of benzene rings is 3. The first-order chi connectivity index (χ1) is 21.1. The Morgan fingerprint density at radius 2 is 1.68 bits per heavy atom. The normalized spacial score (nSPS) is 13.8. The minimum Gasteiger partial charge on any atom is -0.490 e. The molecule has 1 aliphatic rings. The summed E-state index contributed by atoms with van der Waals surface area (Å²) in [6.45, 7) is 3.98. The quantitative estimate of drug-likeness (QED) is 0.152. The predicted octanol–water partition coefficient (Wildman–Crippen LogP) is 7.87. The summed E-state index contributed by atoms with van der Waals surface area (Å²) in [5, 5.41) is 3.02. The minimum atomic E-state index is -0.633. The summed E-state index contributed by atoms with van der Waals surface area (Å²) in [5.41, 5.74) is 1.75. The highest BCUT2D eigenvalue weighted by Crippen LogP contribution is 2.35. The Balaban J connectivity index is 1.42. The third-order valence-corrected chi connectivity index (χ3v) is 8.00. The molecule has 0 aliphatic carbocycles. The van der Waals surface area contributed by atoms with E-state index in [1.807, 2.05) is 13.8 Å². The Morgan fingerprint density at radius 1 is 0.909 bits per heavy atom. The maximum Gasteiger partial charge on any atom is 0.339 e. The second kappa shape index (κ2) is 15.3. The summed E-state index contributed by atoms with van der Waals surface area (Å²) in [5.74, 6) is -0.953. The van der Waals surface area contributed by atoms with Crippen LogP contribution < -0.4 is 14.8 Å². The van der Waals surface area contributed by atoms with Crippen LogP contribution in [-0.2, 0) is 20.9 Å². The van der Waals surface area contributed by atoms with Gasteiger partial charge in [0, 0.05) is 5.69 Å². The molecule has 0 saturated carbocycles. The highest BCUT2D eigenvalue weighted by Gasteiger charge is 2.36. The fraction of sp³-hybridized carbons (Fsp3) is 0.226. The average Bonchev–Trinajstić information content (AvgIpc) is 3.25. The number of ether oxygens (including phenoxy) is 3. The van der Waals surface area contributed by atoms with Crippen molar-refractivity contribution in [3.63, 3.8) is 0 Å². The first-order valence-electron chi connectivity index (χ1n) is 13.4. The smallest absolute Gasteiger partial charge is 0.339 e. The van der Waals surface area contributed by atoms with Gasteiger partial charge in [0.05, 0.1) is 38.8 Å². The molecule has 9 nitrogen and oxygen atoms in total. The van der Waals surface area contributed by atoms with Gasteiger partial charge in [0.2, 0.25) is 5.91 Å². The van der Waals surface area contributed by atoms with E-state index in [1.54, 1.807) is 42.5 Å². The second-order valence-corrected chi connectivity index (χ2v) is 11.5. The molecule has 0 unspecified atom stereocenters. The number of thioether (sulfide) groups is 1. The van der Waals surface area contributed by atoms with E-state index in [0.717, 1.165) is 22.2 Å². The molecule has 44 heavy (non-hydrogen) atoms. The summed E-state index contributed by atoms with van der Waals surface area (Å²) in [4.78, 5) is 51.7. The molecule has 3 amide bonds. The van der Waals surface area contributed by atoms with Gasteiger partial charge in [-0.05, 0) is 84.8 Å². The van der Waals surface area contributed by atoms with Crippen molar-refractivity contribution in [3.8, 4) is 11.5 Å². The van der Waals surface area contributed by atoms with Gasteiger partial charge in [-0.25, -0.2) is 4.79 Å². The molecule has 13 heteroatoms. The topological polar surface area (TPSA) is 111 Å². The first kappa shape index (κ1) is 33.2. The standard InChI is InChI=1S/C31H27Cl3N2O7S/c1-3-11-42-30(39)21-15-20(7-9-22(21)32)35-28(37)16-36-29(38)27(44-31(36)40)14-18-6-10-25(26(13-18)41-4-2)43-17-19-5-8-23(33)24(34)12-19/h5-10,12-15H,3-4,11,16-17H2,1-2H3,(H,35,37)/b27-14+. The number of carbonyl (C=O) groups is 4. The summed E-state index contributed by atoms with van der Waals surface area (Å²) in [6, 6.07) is 14.6. The van der Waals surface area contributed by atoms with Gasteiger partial charge >= 0.3 is 5.97 Å². The van der Waals surface area contributed by atoms with Crippen LogP contribution in [0.5, 0.6) is 11.5 Å². The van der Waals surface area contributed by atoms with Crippen molar-refractivity contribution >= 4 is 81.4 Å². The van der Waals surface area contributed by atoms with E-state index >= 15 is 0 Å². The Hall–Kier alpha value is -3.70. The number of carbonyl (C=O) groups excluding carboxylic acids is 4. The number of halogens is 3. The molecule has 3 aromatic rings. The van der Waals surface area contributed by atoms with Gasteiger partial charge in [0.1, 0.15) is 13.2 Å². The lowest BCUT2D eigenvalue weighted by Gasteiger charge is -2.14. The maximum absolute atomic E-state index is 13.1. The van der Waals surface area contributed by atoms with E-state index < -0.39 is 29.6 Å². The molecule has 230 valence electrons. The molecule has 1 fully saturated rings. The third-order valence-electron chi connectivity index (χ3n) is 6.03. The Bertz CT molecular complexity index is 1630. The molecule has 1 heterocycles. The van der Waals surface area contributed by atoms with Gasteiger partial charge in [0.15, 0.2) is 11.5 Å². The summed E-state index contributed by atoms with van der Waals surface area (Å²) >= 11 is 18.9. The molecule has 4 rings (SSSR count). The fourth-order valence-corrected chi connectivity index (χ4v) is 5.31. The molecule has 0 aromatic heterocycles. The van der Waals surface area contributed by atoms with Crippen molar-refractivity contribution in [2.24, 2.45) is 0 Å². The summed E-state index contributed by atoms with van der Waals surface area (Å²) < 4.78 is 16.8. The van der Waals surface area contributed by atoms with Crippen molar-refractivity contribution < 1.29 is 33.4 Å². The second-order valence-electron chi connectivity index (χ2n) is 9.32. The van der Waals surface area contributed by atoms with E-state index in [2.05, 4.69) is 5.32 Å². The zero-order chi connectivity index (χ0) is 31.8. The predicted molar refractivity (Wildman–Crippen MR) is 172 cm³/mol. The Labute approximate surface area is 273 Å². The van der Waals surface area contributed by atoms with Crippen LogP contribution >= 0.6 is 46.6 Å². The van der Waals surface area contributed by atoms with E-state index in [-0.39, 0.29) is 34.4 Å². The van der Waals surface area contributed by atoms with Crippen LogP contribution in [0.25, 0.3) is 6.08 Å². The fourth-order valence-electron chi connectivity index (χ4n) is 3.96. The first-order valence-corrected chi connectivity index (χ1v) is 15.4. The molecular weight excluding hydrogens is 651 g/mol. The third kappa shape index (κ3) is 8.47. The van der Waals surface area contributed by atoms with Crippen molar-refractivity contribution in [2.45, 2.75) is 26.9 Å². The molecule has 0 atom stereocenters. The SMILES string of the molecule is CCCOC(=O)c1cc(NC(=O)CN2C(=O)S/C(=C/c3ccc(OCc4ccc(Cl)c(Cl)c4)c(OCC)c3)C2=O)ccc1Cl. The molecule has 0 bridgehead atoms. The van der Waals surface area contributed by atoms with Crippen molar-refractivity contribution in [1.82, 2.24) is 4.90 Å². The van der Waals surface area contributed by atoms with Crippen LogP contribution in [0.1, 0.15) is 41.8 Å². The number of esters is 1. The van der Waals surface area contributed by atoms with Crippen LogP contribution in [0, 0.1) is 0 Å². The molecule has 1 saturated heterocycles. The van der Waals surface area contributed by atoms with Crippen molar-refractivity contribution in [2.75, 3.05) is 25.1 Å².